The van der Waals surface area contributed by atoms with Crippen LogP contribution in [0.25, 0.3) is 0 Å². The van der Waals surface area contributed by atoms with Crippen LogP contribution >= 0.6 is 0 Å². The molecule has 3 N–H and O–H groups in total. The van der Waals surface area contributed by atoms with Gasteiger partial charge < -0.3 is 15.8 Å². The molecule has 6 nitrogen and oxygen atoms in total. The molecule has 2 aromatic rings. The van der Waals surface area contributed by atoms with Gasteiger partial charge in [-0.2, -0.15) is 0 Å². The van der Waals surface area contributed by atoms with Gasteiger partial charge in [0.15, 0.2) is 11.6 Å². The number of ketones is 2. The fourth-order valence-corrected chi connectivity index (χ4v) is 3.05. The number of carbonyl (C=O) groups is 3. The Kier molecular flexibility index (Phi) is 5.66. The van der Waals surface area contributed by atoms with Gasteiger partial charge in [-0.05, 0) is 25.8 Å². The number of esters is 1. The number of nitrogens with one attached hydrogen (secondary N) is 1. The molecule has 0 aliphatic heterocycles. The number of benzene rings is 2. The van der Waals surface area contributed by atoms with Crippen LogP contribution in [0.4, 0.5) is 5.69 Å². The molecular weight excluding hydrogens is 344 g/mol. The average Bonchev–Trinajstić information content (AvgIpc) is 2.68. The fourth-order valence-electron chi connectivity index (χ4n) is 3.05. The topological polar surface area (TPSA) is 98.5 Å². The van der Waals surface area contributed by atoms with Gasteiger partial charge in [0, 0.05) is 28.9 Å². The molecule has 0 amide bonds. The van der Waals surface area contributed by atoms with E-state index in [0.29, 0.717) is 47.5 Å². The van der Waals surface area contributed by atoms with Crippen molar-refractivity contribution >= 4 is 23.2 Å². The van der Waals surface area contributed by atoms with E-state index in [1.165, 1.54) is 0 Å². The highest BCUT2D eigenvalue weighted by Gasteiger charge is 2.31. The highest BCUT2D eigenvalue weighted by molar-refractivity contribution is 6.30. The summed E-state index contributed by atoms with van der Waals surface area (Å²) in [4.78, 5) is 36.9. The Morgan fingerprint density at radius 3 is 2.37 bits per heavy atom. The predicted octanol–water partition coefficient (Wildman–Crippen LogP) is 2.54. The van der Waals surface area contributed by atoms with Crippen LogP contribution in [-0.2, 0) is 9.53 Å². The summed E-state index contributed by atoms with van der Waals surface area (Å²) in [5, 5.41) is 3.23. The molecule has 2 aromatic carbocycles. The van der Waals surface area contributed by atoms with Crippen molar-refractivity contribution in [3.05, 3.63) is 64.7 Å². The number of hydrogen-bond donors (Lipinski definition) is 2. The number of hydrogen-bond acceptors (Lipinski definition) is 6. The summed E-state index contributed by atoms with van der Waals surface area (Å²) in [6.07, 6.45) is 1.42. The second-order valence-electron chi connectivity index (χ2n) is 6.52. The Morgan fingerprint density at radius 2 is 1.67 bits per heavy atom. The van der Waals surface area contributed by atoms with Gasteiger partial charge in [0.25, 0.3) is 0 Å². The van der Waals surface area contributed by atoms with E-state index in [1.54, 1.807) is 49.4 Å². The Hall–Kier alpha value is -2.99. The van der Waals surface area contributed by atoms with Gasteiger partial charge in [-0.1, -0.05) is 36.4 Å². The van der Waals surface area contributed by atoms with E-state index >= 15 is 0 Å². The van der Waals surface area contributed by atoms with Crippen LogP contribution in [-0.4, -0.2) is 36.7 Å². The molecule has 27 heavy (non-hydrogen) atoms. The second kappa shape index (κ2) is 8.14. The number of unbranched alkanes of at least 4 members (excludes halogenated alkanes) is 1. The number of rotatable bonds is 7. The molecule has 0 unspecified atom stereocenters. The fraction of sp³-hybridized carbons (Fsp3) is 0.286. The largest absolute Gasteiger partial charge is 0.465 e. The van der Waals surface area contributed by atoms with E-state index in [9.17, 15) is 14.4 Å². The van der Waals surface area contributed by atoms with Crippen LogP contribution in [0, 0.1) is 0 Å². The molecular formula is C21H22N2O4. The lowest BCUT2D eigenvalue weighted by Gasteiger charge is -2.20. The molecule has 0 aromatic heterocycles. The van der Waals surface area contributed by atoms with Crippen LogP contribution in [0.15, 0.2) is 42.5 Å². The molecule has 140 valence electrons. The third-order valence-corrected chi connectivity index (χ3v) is 4.46. The zero-order chi connectivity index (χ0) is 19.4. The van der Waals surface area contributed by atoms with Crippen LogP contribution in [0.5, 0.6) is 0 Å². The number of ether oxygens (including phenoxy) is 1. The van der Waals surface area contributed by atoms with Crippen molar-refractivity contribution in [1.82, 2.24) is 0 Å². The molecule has 0 bridgehead atoms. The SMILES string of the molecule is C[C@H](N)C(=O)OCCCCNc1cccc2c1C(=O)c1ccccc1C2=O. The summed E-state index contributed by atoms with van der Waals surface area (Å²) in [6.45, 7) is 2.48. The Labute approximate surface area is 157 Å². The smallest absolute Gasteiger partial charge is 0.322 e. The highest BCUT2D eigenvalue weighted by Crippen LogP contribution is 2.31. The molecule has 1 aliphatic carbocycles. The Morgan fingerprint density at radius 1 is 1.00 bits per heavy atom. The molecule has 0 spiro atoms. The predicted molar refractivity (Wildman–Crippen MR) is 102 cm³/mol. The first-order valence-corrected chi connectivity index (χ1v) is 8.98. The molecule has 3 rings (SSSR count). The van der Waals surface area contributed by atoms with Crippen molar-refractivity contribution < 1.29 is 19.1 Å². The van der Waals surface area contributed by atoms with Crippen LogP contribution in [0.1, 0.15) is 51.6 Å². The average molecular weight is 366 g/mol. The normalized spacial score (nSPS) is 13.6. The first-order valence-electron chi connectivity index (χ1n) is 8.98. The lowest BCUT2D eigenvalue weighted by Crippen LogP contribution is -2.29. The van der Waals surface area contributed by atoms with Gasteiger partial charge in [-0.15, -0.1) is 0 Å². The molecule has 1 aliphatic rings. The van der Waals surface area contributed by atoms with Crippen molar-refractivity contribution in [3.8, 4) is 0 Å². The van der Waals surface area contributed by atoms with Crippen molar-refractivity contribution in [1.29, 1.82) is 0 Å². The molecule has 0 saturated carbocycles. The van der Waals surface area contributed by atoms with E-state index in [4.69, 9.17) is 10.5 Å². The van der Waals surface area contributed by atoms with E-state index in [1.807, 2.05) is 0 Å². The molecule has 1 atom stereocenters. The number of fused-ring (bicyclic) bond motifs is 2. The lowest BCUT2D eigenvalue weighted by molar-refractivity contribution is -0.144. The first-order chi connectivity index (χ1) is 13.0. The Balaban J connectivity index is 1.65. The van der Waals surface area contributed by atoms with Crippen molar-refractivity contribution in [2.24, 2.45) is 5.73 Å². The van der Waals surface area contributed by atoms with E-state index in [0.717, 1.165) is 6.42 Å². The first kappa shape index (κ1) is 18.8. The van der Waals surface area contributed by atoms with Gasteiger partial charge >= 0.3 is 5.97 Å². The summed E-state index contributed by atoms with van der Waals surface area (Å²) in [5.74, 6) is -0.691. The van der Waals surface area contributed by atoms with Gasteiger partial charge in [-0.3, -0.25) is 14.4 Å². The summed E-state index contributed by atoms with van der Waals surface area (Å²) in [5.41, 5.74) is 7.81. The zero-order valence-electron chi connectivity index (χ0n) is 15.2. The molecule has 0 saturated heterocycles. The molecule has 0 fully saturated rings. The third-order valence-electron chi connectivity index (χ3n) is 4.46. The van der Waals surface area contributed by atoms with Crippen molar-refractivity contribution in [3.63, 3.8) is 0 Å². The van der Waals surface area contributed by atoms with Crippen LogP contribution < -0.4 is 11.1 Å². The maximum Gasteiger partial charge on any atom is 0.322 e. The van der Waals surface area contributed by atoms with Gasteiger partial charge in [0.05, 0.1) is 12.2 Å². The third kappa shape index (κ3) is 3.90. The quantitative estimate of drug-likeness (QED) is 0.492. The summed E-state index contributed by atoms with van der Waals surface area (Å²) in [7, 11) is 0. The van der Waals surface area contributed by atoms with Crippen LogP contribution in [0.2, 0.25) is 0 Å². The minimum Gasteiger partial charge on any atom is -0.465 e. The van der Waals surface area contributed by atoms with E-state index in [-0.39, 0.29) is 11.6 Å². The maximum absolute atomic E-state index is 12.9. The number of nitrogens with two attached hydrogens (primary N) is 1. The summed E-state index contributed by atoms with van der Waals surface area (Å²) < 4.78 is 5.03. The zero-order valence-corrected chi connectivity index (χ0v) is 15.2. The second-order valence-corrected chi connectivity index (χ2v) is 6.52. The minimum absolute atomic E-state index is 0.133. The number of anilines is 1. The minimum atomic E-state index is -0.620. The van der Waals surface area contributed by atoms with Crippen LogP contribution in [0.3, 0.4) is 0 Å². The van der Waals surface area contributed by atoms with E-state index in [2.05, 4.69) is 5.32 Å². The maximum atomic E-state index is 12.9. The van der Waals surface area contributed by atoms with Crippen molar-refractivity contribution in [2.75, 3.05) is 18.5 Å². The molecule has 0 radical (unpaired) electrons. The van der Waals surface area contributed by atoms with E-state index < -0.39 is 12.0 Å². The summed E-state index contributed by atoms with van der Waals surface area (Å²) >= 11 is 0. The highest BCUT2D eigenvalue weighted by atomic mass is 16.5. The Bertz CT molecular complexity index is 890. The van der Waals surface area contributed by atoms with Gasteiger partial charge in [-0.25, -0.2) is 0 Å². The van der Waals surface area contributed by atoms with Gasteiger partial charge in [0.2, 0.25) is 0 Å². The number of carbonyl (C=O) groups excluding carboxylic acids is 3. The summed E-state index contributed by atoms with van der Waals surface area (Å²) in [6, 6.07) is 11.5. The van der Waals surface area contributed by atoms with Gasteiger partial charge in [0.1, 0.15) is 6.04 Å². The lowest BCUT2D eigenvalue weighted by atomic mass is 9.83. The molecule has 0 heterocycles. The van der Waals surface area contributed by atoms with Crippen molar-refractivity contribution in [2.45, 2.75) is 25.8 Å². The monoisotopic (exact) mass is 366 g/mol. The molecule has 6 heteroatoms. The standard InChI is InChI=1S/C21H22N2O4/c1-13(22)21(26)27-12-5-4-11-23-17-10-6-9-16-18(17)20(25)15-8-3-2-7-14(15)19(16)24/h2-3,6-10,13,23H,4-5,11-12,22H2,1H3/t13-/m0/s1.